The van der Waals surface area contributed by atoms with Crippen LogP contribution >= 0.6 is 12.2 Å². The van der Waals surface area contributed by atoms with Gasteiger partial charge in [0.1, 0.15) is 5.75 Å². The second kappa shape index (κ2) is 12.2. The van der Waals surface area contributed by atoms with Crippen LogP contribution in [0.1, 0.15) is 63.2 Å². The largest absolute Gasteiger partial charge is 0.494 e. The number of benzene rings is 1. The molecule has 0 unspecified atom stereocenters. The second-order valence-corrected chi connectivity index (χ2v) is 6.88. The lowest BCUT2D eigenvalue weighted by Gasteiger charge is -2.11. The number of hydrogen-bond donors (Lipinski definition) is 3. The summed E-state index contributed by atoms with van der Waals surface area (Å²) in [5, 5.41) is 2.61. The average molecular weight is 380 g/mol. The van der Waals surface area contributed by atoms with E-state index in [9.17, 15) is 9.59 Å². The van der Waals surface area contributed by atoms with Crippen molar-refractivity contribution in [2.24, 2.45) is 5.92 Å². The molecule has 144 valence electrons. The summed E-state index contributed by atoms with van der Waals surface area (Å²) in [6.45, 7) is 7.00. The maximum atomic E-state index is 12.1. The molecule has 6 nitrogen and oxygen atoms in total. The van der Waals surface area contributed by atoms with Crippen LogP contribution in [0.15, 0.2) is 24.3 Å². The molecule has 0 fully saturated rings. The van der Waals surface area contributed by atoms with Crippen LogP contribution in [0.2, 0.25) is 0 Å². The van der Waals surface area contributed by atoms with E-state index in [1.54, 1.807) is 24.3 Å². The maximum absolute atomic E-state index is 12.1. The van der Waals surface area contributed by atoms with Crippen LogP contribution in [0.5, 0.6) is 5.75 Å². The number of hydrogen-bond acceptors (Lipinski definition) is 4. The fourth-order valence-corrected chi connectivity index (χ4v) is 2.22. The highest BCUT2D eigenvalue weighted by Crippen LogP contribution is 2.13. The van der Waals surface area contributed by atoms with Crippen LogP contribution in [0, 0.1) is 5.92 Å². The zero-order valence-electron chi connectivity index (χ0n) is 15.8. The number of nitrogens with one attached hydrogen (secondary N) is 3. The van der Waals surface area contributed by atoms with Gasteiger partial charge < -0.3 is 10.1 Å². The average Bonchev–Trinajstić information content (AvgIpc) is 2.60. The molecule has 1 aromatic carbocycles. The van der Waals surface area contributed by atoms with Gasteiger partial charge in [0.15, 0.2) is 5.11 Å². The highest BCUT2D eigenvalue weighted by molar-refractivity contribution is 7.80. The van der Waals surface area contributed by atoms with Crippen molar-refractivity contribution in [1.29, 1.82) is 0 Å². The van der Waals surface area contributed by atoms with Gasteiger partial charge in [-0.15, -0.1) is 0 Å². The molecule has 1 rings (SSSR count). The van der Waals surface area contributed by atoms with Crippen molar-refractivity contribution in [3.63, 3.8) is 0 Å². The molecule has 0 atom stereocenters. The van der Waals surface area contributed by atoms with Gasteiger partial charge in [-0.25, -0.2) is 0 Å². The van der Waals surface area contributed by atoms with E-state index in [2.05, 4.69) is 36.9 Å². The van der Waals surface area contributed by atoms with Crippen molar-refractivity contribution in [1.82, 2.24) is 16.2 Å². The Bertz CT molecular complexity index is 588. The quantitative estimate of drug-likeness (QED) is 0.348. The summed E-state index contributed by atoms with van der Waals surface area (Å²) < 4.78 is 5.62. The third kappa shape index (κ3) is 9.36. The minimum absolute atomic E-state index is 0.0773. The van der Waals surface area contributed by atoms with Crippen LogP contribution < -0.4 is 20.9 Å². The second-order valence-electron chi connectivity index (χ2n) is 6.47. The van der Waals surface area contributed by atoms with E-state index in [-0.39, 0.29) is 16.9 Å². The monoisotopic (exact) mass is 379 g/mol. The van der Waals surface area contributed by atoms with Gasteiger partial charge in [0, 0.05) is 12.0 Å². The van der Waals surface area contributed by atoms with E-state index in [4.69, 9.17) is 17.0 Å². The number of rotatable bonds is 9. The molecule has 0 spiro atoms. The van der Waals surface area contributed by atoms with Gasteiger partial charge in [-0.1, -0.05) is 33.6 Å². The maximum Gasteiger partial charge on any atom is 0.269 e. The van der Waals surface area contributed by atoms with Crippen molar-refractivity contribution in [2.45, 2.75) is 52.9 Å². The van der Waals surface area contributed by atoms with Gasteiger partial charge in [0.05, 0.1) is 6.61 Å². The topological polar surface area (TPSA) is 79.5 Å². The molecular formula is C19H29N3O3S. The Hall–Kier alpha value is -2.15. The number of thiocarbonyl (C=S) groups is 1. The van der Waals surface area contributed by atoms with Gasteiger partial charge in [0.25, 0.3) is 5.91 Å². The summed E-state index contributed by atoms with van der Waals surface area (Å²) in [4.78, 5) is 23.7. The number of amides is 2. The lowest BCUT2D eigenvalue weighted by molar-refractivity contribution is -0.119. The molecule has 1 aromatic rings. The summed E-state index contributed by atoms with van der Waals surface area (Å²) >= 11 is 4.99. The molecule has 0 saturated carbocycles. The molecule has 7 heteroatoms. The third-order valence-corrected chi connectivity index (χ3v) is 3.83. The summed E-state index contributed by atoms with van der Waals surface area (Å²) in [6.07, 6.45) is 4.27. The fraction of sp³-hybridized carbons (Fsp3) is 0.526. The van der Waals surface area contributed by atoms with Gasteiger partial charge in [-0.05, 0) is 55.2 Å². The summed E-state index contributed by atoms with van der Waals surface area (Å²) in [6, 6.07) is 6.86. The Balaban J connectivity index is 2.33. The van der Waals surface area contributed by atoms with Crippen LogP contribution in [-0.4, -0.2) is 23.5 Å². The van der Waals surface area contributed by atoms with E-state index in [1.807, 2.05) is 0 Å². The Labute approximate surface area is 161 Å². The Morgan fingerprint density at radius 1 is 1.12 bits per heavy atom. The molecule has 0 saturated heterocycles. The predicted octanol–water partition coefficient (Wildman–Crippen LogP) is 3.33. The first-order valence-electron chi connectivity index (χ1n) is 9.05. The third-order valence-electron chi connectivity index (χ3n) is 3.63. The molecule has 0 aliphatic carbocycles. The van der Waals surface area contributed by atoms with Gasteiger partial charge in [0.2, 0.25) is 5.91 Å². The highest BCUT2D eigenvalue weighted by Gasteiger charge is 2.08. The van der Waals surface area contributed by atoms with E-state index in [0.29, 0.717) is 24.5 Å². The van der Waals surface area contributed by atoms with Crippen LogP contribution in [0.25, 0.3) is 0 Å². The first-order valence-corrected chi connectivity index (χ1v) is 9.46. The van der Waals surface area contributed by atoms with E-state index in [1.165, 1.54) is 0 Å². The standard InChI is InChI=1S/C19H29N3O3S/c1-4-5-6-7-17(23)20-19(26)22-21-18(24)15-8-10-16(11-9-15)25-13-12-14(2)3/h8-11,14H,4-7,12-13H2,1-3H3,(H,21,24)(H2,20,22,23,26). The molecule has 0 heterocycles. The number of carbonyl (C=O) groups is 2. The normalized spacial score (nSPS) is 10.3. The zero-order valence-corrected chi connectivity index (χ0v) is 16.6. The lowest BCUT2D eigenvalue weighted by Crippen LogP contribution is -2.48. The Morgan fingerprint density at radius 2 is 1.81 bits per heavy atom. The summed E-state index contributed by atoms with van der Waals surface area (Å²) in [5.74, 6) is 0.807. The van der Waals surface area contributed by atoms with E-state index < -0.39 is 0 Å². The van der Waals surface area contributed by atoms with Gasteiger partial charge in [-0.3, -0.25) is 20.4 Å². The minimum atomic E-state index is -0.346. The summed E-state index contributed by atoms with van der Waals surface area (Å²) in [7, 11) is 0. The number of carbonyl (C=O) groups excluding carboxylic acids is 2. The van der Waals surface area contributed by atoms with Crippen LogP contribution in [0.3, 0.4) is 0 Å². The molecule has 0 radical (unpaired) electrons. The number of unbranched alkanes of at least 4 members (excludes halogenated alkanes) is 2. The molecular weight excluding hydrogens is 350 g/mol. The number of ether oxygens (including phenoxy) is 1. The molecule has 0 bridgehead atoms. The molecule has 0 aliphatic rings. The molecule has 0 aliphatic heterocycles. The first kappa shape index (κ1) is 21.9. The van der Waals surface area contributed by atoms with E-state index >= 15 is 0 Å². The first-order chi connectivity index (χ1) is 12.4. The molecule has 0 aromatic heterocycles. The lowest BCUT2D eigenvalue weighted by atomic mass is 10.1. The van der Waals surface area contributed by atoms with E-state index in [0.717, 1.165) is 31.4 Å². The van der Waals surface area contributed by atoms with Crippen molar-refractivity contribution in [3.8, 4) is 5.75 Å². The smallest absolute Gasteiger partial charge is 0.269 e. The SMILES string of the molecule is CCCCCC(=O)NC(=S)NNC(=O)c1ccc(OCCC(C)C)cc1. The zero-order chi connectivity index (χ0) is 19.4. The predicted molar refractivity (Wildman–Crippen MR) is 107 cm³/mol. The van der Waals surface area contributed by atoms with Crippen molar-refractivity contribution in [2.75, 3.05) is 6.61 Å². The van der Waals surface area contributed by atoms with Crippen molar-refractivity contribution >= 4 is 29.1 Å². The Morgan fingerprint density at radius 3 is 2.42 bits per heavy atom. The van der Waals surface area contributed by atoms with Gasteiger partial charge in [-0.2, -0.15) is 0 Å². The summed E-state index contributed by atoms with van der Waals surface area (Å²) in [5.41, 5.74) is 5.46. The molecule has 2 amide bonds. The van der Waals surface area contributed by atoms with Crippen LogP contribution in [0.4, 0.5) is 0 Å². The van der Waals surface area contributed by atoms with Crippen molar-refractivity contribution in [3.05, 3.63) is 29.8 Å². The van der Waals surface area contributed by atoms with Crippen molar-refractivity contribution < 1.29 is 14.3 Å². The number of hydrazine groups is 1. The minimum Gasteiger partial charge on any atom is -0.494 e. The fourth-order valence-electron chi connectivity index (χ4n) is 2.06. The highest BCUT2D eigenvalue weighted by atomic mass is 32.1. The molecule has 26 heavy (non-hydrogen) atoms. The van der Waals surface area contributed by atoms with Crippen LogP contribution in [-0.2, 0) is 4.79 Å². The molecule has 3 N–H and O–H groups in total. The van der Waals surface area contributed by atoms with Gasteiger partial charge >= 0.3 is 0 Å². The Kier molecular flexibility index (Phi) is 10.3.